The van der Waals surface area contributed by atoms with E-state index in [1.165, 1.54) is 7.11 Å². The Morgan fingerprint density at radius 2 is 1.87 bits per heavy atom. The topological polar surface area (TPSA) is 88.8 Å². The lowest BCUT2D eigenvalue weighted by molar-refractivity contribution is -0.148. The number of carbonyl (C=O) groups excluding carboxylic acids is 2. The normalized spacial score (nSPS) is 15.8. The van der Waals surface area contributed by atoms with Crippen LogP contribution in [0.15, 0.2) is 34.9 Å². The molecule has 0 N–H and O–H groups in total. The highest BCUT2D eigenvalue weighted by Gasteiger charge is 2.34. The van der Waals surface area contributed by atoms with E-state index in [9.17, 15) is 9.59 Å². The Morgan fingerprint density at radius 1 is 1.16 bits per heavy atom. The maximum absolute atomic E-state index is 13.3. The van der Waals surface area contributed by atoms with Crippen molar-refractivity contribution >= 4 is 34.6 Å². The fourth-order valence-corrected chi connectivity index (χ4v) is 4.26. The first-order valence-corrected chi connectivity index (χ1v) is 10.4. The number of rotatable bonds is 4. The number of esters is 1. The molecule has 0 unspecified atom stereocenters. The van der Waals surface area contributed by atoms with Gasteiger partial charge in [-0.25, -0.2) is 9.78 Å². The quantitative estimate of drug-likeness (QED) is 0.573. The number of nitrogens with zero attached hydrogens (tertiary/aromatic N) is 4. The monoisotopic (exact) mass is 442 g/mol. The predicted molar refractivity (Wildman–Crippen MR) is 115 cm³/mol. The first-order valence-electron chi connectivity index (χ1n) is 10.00. The van der Waals surface area contributed by atoms with Gasteiger partial charge in [0.15, 0.2) is 0 Å². The van der Waals surface area contributed by atoms with Crippen molar-refractivity contribution in [1.82, 2.24) is 19.9 Å². The van der Waals surface area contributed by atoms with Crippen LogP contribution in [0.2, 0.25) is 5.02 Å². The third-order valence-electron chi connectivity index (χ3n) is 5.57. The molecule has 2 aromatic heterocycles. The summed E-state index contributed by atoms with van der Waals surface area (Å²) in [4.78, 5) is 34.0. The fraction of sp³-hybridized carbons (Fsp3) is 0.364. The first kappa shape index (κ1) is 21.3. The molecule has 0 saturated carbocycles. The highest BCUT2D eigenvalue weighted by atomic mass is 35.5. The number of aromatic nitrogens is 2. The average Bonchev–Trinajstić information content (AvgIpc) is 3.15. The molecule has 1 aliphatic rings. The average molecular weight is 443 g/mol. The van der Waals surface area contributed by atoms with Crippen LogP contribution in [0.5, 0.6) is 0 Å². The van der Waals surface area contributed by atoms with Gasteiger partial charge >= 0.3 is 5.97 Å². The second-order valence-corrected chi connectivity index (χ2v) is 7.94. The van der Waals surface area contributed by atoms with E-state index in [0.717, 1.165) is 0 Å². The number of ether oxygens (including phenoxy) is 1. The number of halogens is 1. The SMILES string of the molecule is COC(=O)[C@H](c1ccccc1Cl)N1CCN(C(=O)c2cc(C)nc3onc(C)c23)CC1. The first-order chi connectivity index (χ1) is 14.9. The van der Waals surface area contributed by atoms with Crippen molar-refractivity contribution in [3.63, 3.8) is 0 Å². The summed E-state index contributed by atoms with van der Waals surface area (Å²) in [6, 6.07) is 8.39. The van der Waals surface area contributed by atoms with Gasteiger partial charge in [0.2, 0.25) is 0 Å². The molecule has 1 aliphatic heterocycles. The summed E-state index contributed by atoms with van der Waals surface area (Å²) >= 11 is 6.35. The Balaban J connectivity index is 1.56. The fourth-order valence-electron chi connectivity index (χ4n) is 4.02. The van der Waals surface area contributed by atoms with Gasteiger partial charge in [0, 0.05) is 36.9 Å². The third-order valence-corrected chi connectivity index (χ3v) is 5.91. The molecular formula is C22H23ClN4O4. The summed E-state index contributed by atoms with van der Waals surface area (Å²) < 4.78 is 10.3. The Morgan fingerprint density at radius 3 is 2.55 bits per heavy atom. The van der Waals surface area contributed by atoms with Crippen LogP contribution in [0.4, 0.5) is 0 Å². The molecule has 3 aromatic rings. The smallest absolute Gasteiger partial charge is 0.327 e. The zero-order valence-electron chi connectivity index (χ0n) is 17.6. The summed E-state index contributed by atoms with van der Waals surface area (Å²) in [6.07, 6.45) is 0. The number of methoxy groups -OCH3 is 1. The minimum atomic E-state index is -0.619. The van der Waals surface area contributed by atoms with Gasteiger partial charge in [-0.3, -0.25) is 9.69 Å². The highest BCUT2D eigenvalue weighted by molar-refractivity contribution is 6.31. The van der Waals surface area contributed by atoms with Gasteiger partial charge in [-0.1, -0.05) is 35.0 Å². The van der Waals surface area contributed by atoms with Crippen LogP contribution in [0.25, 0.3) is 11.1 Å². The van der Waals surface area contributed by atoms with Crippen LogP contribution in [0.3, 0.4) is 0 Å². The van der Waals surface area contributed by atoms with E-state index in [4.69, 9.17) is 20.9 Å². The standard InChI is InChI=1S/C22H23ClN4O4/c1-13-12-16(18-14(2)25-31-20(18)24-13)21(28)27-10-8-26(9-11-27)19(22(29)30-3)15-6-4-5-7-17(15)23/h4-7,12,19H,8-11H2,1-3H3/t19-/m0/s1. The second kappa shape index (κ2) is 8.64. The summed E-state index contributed by atoms with van der Waals surface area (Å²) in [6.45, 7) is 5.55. The van der Waals surface area contributed by atoms with Crippen molar-refractivity contribution in [2.75, 3.05) is 33.3 Å². The molecule has 1 atom stereocenters. The number of piperazine rings is 1. The molecule has 9 heteroatoms. The predicted octanol–water partition coefficient (Wildman–Crippen LogP) is 3.17. The second-order valence-electron chi connectivity index (χ2n) is 7.53. The molecule has 0 aliphatic carbocycles. The molecule has 1 aromatic carbocycles. The van der Waals surface area contributed by atoms with Crippen molar-refractivity contribution in [3.05, 3.63) is 57.9 Å². The van der Waals surface area contributed by atoms with Crippen molar-refractivity contribution in [2.24, 2.45) is 0 Å². The van der Waals surface area contributed by atoms with Crippen molar-refractivity contribution in [1.29, 1.82) is 0 Å². The largest absolute Gasteiger partial charge is 0.468 e. The number of hydrogen-bond acceptors (Lipinski definition) is 7. The van der Waals surface area contributed by atoms with Crippen molar-refractivity contribution in [2.45, 2.75) is 19.9 Å². The maximum atomic E-state index is 13.3. The Bertz CT molecular complexity index is 1140. The van der Waals surface area contributed by atoms with Crippen LogP contribution in [0.1, 0.15) is 33.4 Å². The van der Waals surface area contributed by atoms with Crippen molar-refractivity contribution in [3.8, 4) is 0 Å². The zero-order valence-corrected chi connectivity index (χ0v) is 18.3. The molecule has 1 saturated heterocycles. The van der Waals surface area contributed by atoms with E-state index >= 15 is 0 Å². The maximum Gasteiger partial charge on any atom is 0.327 e. The number of amides is 1. The number of aryl methyl sites for hydroxylation is 2. The summed E-state index contributed by atoms with van der Waals surface area (Å²) in [5.74, 6) is -0.478. The minimum Gasteiger partial charge on any atom is -0.468 e. The van der Waals surface area contributed by atoms with Gasteiger partial charge in [-0.15, -0.1) is 0 Å². The summed E-state index contributed by atoms with van der Waals surface area (Å²) in [5.41, 5.74) is 2.92. The van der Waals surface area contributed by atoms with Crippen LogP contribution in [-0.2, 0) is 9.53 Å². The zero-order chi connectivity index (χ0) is 22.1. The lowest BCUT2D eigenvalue weighted by Crippen LogP contribution is -2.51. The van der Waals surface area contributed by atoms with E-state index in [2.05, 4.69) is 10.1 Å². The molecule has 1 fully saturated rings. The van der Waals surface area contributed by atoms with E-state index in [1.54, 1.807) is 24.0 Å². The van der Waals surface area contributed by atoms with Crippen LogP contribution in [-0.4, -0.2) is 65.1 Å². The molecule has 31 heavy (non-hydrogen) atoms. The van der Waals surface area contributed by atoms with Crippen LogP contribution >= 0.6 is 11.6 Å². The number of pyridine rings is 1. The van der Waals surface area contributed by atoms with Crippen LogP contribution < -0.4 is 0 Å². The van der Waals surface area contributed by atoms with Gasteiger partial charge in [0.25, 0.3) is 11.6 Å². The highest BCUT2D eigenvalue weighted by Crippen LogP contribution is 2.30. The molecule has 3 heterocycles. The lowest BCUT2D eigenvalue weighted by atomic mass is 10.0. The minimum absolute atomic E-state index is 0.103. The number of hydrogen-bond donors (Lipinski definition) is 0. The lowest BCUT2D eigenvalue weighted by Gasteiger charge is -2.38. The Hall–Kier alpha value is -2.97. The van der Waals surface area contributed by atoms with E-state index in [-0.39, 0.29) is 11.9 Å². The number of fused-ring (bicyclic) bond motifs is 1. The molecule has 1 amide bonds. The van der Waals surface area contributed by atoms with Gasteiger partial charge in [0.05, 0.1) is 23.8 Å². The summed E-state index contributed by atoms with van der Waals surface area (Å²) in [5, 5.41) is 5.10. The third kappa shape index (κ3) is 4.00. The van der Waals surface area contributed by atoms with Gasteiger partial charge < -0.3 is 14.2 Å². The molecule has 8 nitrogen and oxygen atoms in total. The summed E-state index contributed by atoms with van der Waals surface area (Å²) in [7, 11) is 1.37. The molecule has 4 rings (SSSR count). The van der Waals surface area contributed by atoms with Gasteiger partial charge in [0.1, 0.15) is 6.04 Å². The Kier molecular flexibility index (Phi) is 5.93. The van der Waals surface area contributed by atoms with E-state index in [0.29, 0.717) is 64.8 Å². The molecule has 0 bridgehead atoms. The van der Waals surface area contributed by atoms with Crippen LogP contribution in [0, 0.1) is 13.8 Å². The molecule has 0 radical (unpaired) electrons. The molecular weight excluding hydrogens is 420 g/mol. The number of carbonyl (C=O) groups is 2. The number of benzene rings is 1. The van der Waals surface area contributed by atoms with E-state index < -0.39 is 6.04 Å². The molecule has 0 spiro atoms. The van der Waals surface area contributed by atoms with Gasteiger partial charge in [-0.05, 0) is 31.5 Å². The van der Waals surface area contributed by atoms with E-state index in [1.807, 2.05) is 30.0 Å². The van der Waals surface area contributed by atoms with Gasteiger partial charge in [-0.2, -0.15) is 0 Å². The van der Waals surface area contributed by atoms with Crippen molar-refractivity contribution < 1.29 is 18.8 Å². The molecule has 162 valence electrons. The Labute approximate surface area is 184 Å².